The minimum atomic E-state index is -0.482. The van der Waals surface area contributed by atoms with Crippen molar-refractivity contribution in [3.8, 4) is 11.1 Å². The van der Waals surface area contributed by atoms with Crippen LogP contribution >= 0.6 is 11.5 Å². The van der Waals surface area contributed by atoms with Crippen LogP contribution in [0.3, 0.4) is 0 Å². The zero-order chi connectivity index (χ0) is 23.2. The average Bonchev–Trinajstić information content (AvgIpc) is 3.37. The molecule has 4 heterocycles. The first kappa shape index (κ1) is 22.4. The Labute approximate surface area is 190 Å². The molecule has 4 aromatic rings. The molecule has 0 saturated carbocycles. The van der Waals surface area contributed by atoms with Crippen LogP contribution in [-0.2, 0) is 6.54 Å². The smallest absolute Gasteiger partial charge is 0.271 e. The van der Waals surface area contributed by atoms with Gasteiger partial charge in [-0.1, -0.05) is 51.4 Å². The second-order valence-electron chi connectivity index (χ2n) is 8.07. The summed E-state index contributed by atoms with van der Waals surface area (Å²) < 4.78 is 19.8. The molecule has 1 aliphatic heterocycles. The number of nitrogens with one attached hydrogen (secondary N) is 2. The van der Waals surface area contributed by atoms with Gasteiger partial charge < -0.3 is 5.32 Å². The lowest BCUT2D eigenvalue weighted by Gasteiger charge is -2.16. The van der Waals surface area contributed by atoms with Crippen molar-refractivity contribution >= 4 is 27.1 Å². The van der Waals surface area contributed by atoms with Crippen molar-refractivity contribution in [2.45, 2.75) is 59.5 Å². The molecule has 5 nitrogen and oxygen atoms in total. The molecule has 168 valence electrons. The summed E-state index contributed by atoms with van der Waals surface area (Å²) in [5.74, 6) is -0.373. The minimum absolute atomic E-state index is 0.109. The van der Waals surface area contributed by atoms with Gasteiger partial charge in [0.15, 0.2) is 0 Å². The summed E-state index contributed by atoms with van der Waals surface area (Å²) >= 11 is 1.18. The lowest BCUT2D eigenvalue weighted by Crippen LogP contribution is -2.21. The second-order valence-corrected chi connectivity index (χ2v) is 8.89. The molecule has 0 fully saturated rings. The molecule has 1 aromatic carbocycles. The van der Waals surface area contributed by atoms with E-state index in [0.717, 1.165) is 29.7 Å². The van der Waals surface area contributed by atoms with Crippen LogP contribution in [0.2, 0.25) is 0 Å². The van der Waals surface area contributed by atoms with Crippen LogP contribution in [0.5, 0.6) is 0 Å². The molecule has 32 heavy (non-hydrogen) atoms. The molecule has 0 aliphatic carbocycles. The van der Waals surface area contributed by atoms with Crippen molar-refractivity contribution in [3.05, 3.63) is 73.7 Å². The van der Waals surface area contributed by atoms with Gasteiger partial charge in [-0.15, -0.1) is 0 Å². The number of aromatic amines is 1. The molecule has 0 bridgehead atoms. The van der Waals surface area contributed by atoms with E-state index in [-0.39, 0.29) is 17.3 Å². The number of halogens is 1. The molecule has 0 amide bonds. The fourth-order valence-electron chi connectivity index (χ4n) is 4.45. The number of hydrogen-bond acceptors (Lipinski definition) is 4. The van der Waals surface area contributed by atoms with Crippen LogP contribution in [0, 0.1) is 5.82 Å². The van der Waals surface area contributed by atoms with E-state index < -0.39 is 16.9 Å². The van der Waals surface area contributed by atoms with Gasteiger partial charge in [-0.25, -0.2) is 4.39 Å². The van der Waals surface area contributed by atoms with Crippen LogP contribution in [0.15, 0.2) is 40.1 Å². The number of benzene rings is 1. The maximum absolute atomic E-state index is 15.2. The van der Waals surface area contributed by atoms with Gasteiger partial charge in [0, 0.05) is 24.3 Å². The van der Waals surface area contributed by atoms with Crippen molar-refractivity contribution < 1.29 is 4.39 Å². The Balaban J connectivity index is 0.00000119. The first-order chi connectivity index (χ1) is 15.4. The lowest BCUT2D eigenvalue weighted by molar-refractivity contribution is 0.621. The predicted octanol–water partition coefficient (Wildman–Crippen LogP) is 5.71. The summed E-state index contributed by atoms with van der Waals surface area (Å²) in [6.45, 7) is 11.0. The highest BCUT2D eigenvalue weighted by Crippen LogP contribution is 2.35. The first-order valence-electron chi connectivity index (χ1n) is 11.2. The highest BCUT2D eigenvalue weighted by atomic mass is 32.1. The Bertz CT molecular complexity index is 1430. The predicted molar refractivity (Wildman–Crippen MR) is 130 cm³/mol. The first-order valence-corrected chi connectivity index (χ1v) is 12.0. The average molecular weight is 454 g/mol. The Hall–Kier alpha value is -2.77. The van der Waals surface area contributed by atoms with E-state index in [1.165, 1.54) is 27.7 Å². The summed E-state index contributed by atoms with van der Waals surface area (Å²) in [5.41, 5.74) is 4.32. The maximum atomic E-state index is 15.2. The topological polar surface area (TPSA) is 66.4 Å². The zero-order valence-electron chi connectivity index (χ0n) is 19.0. The van der Waals surface area contributed by atoms with Gasteiger partial charge in [-0.05, 0) is 53.6 Å². The molecule has 1 aliphatic rings. The lowest BCUT2D eigenvalue weighted by atomic mass is 9.94. The molecule has 2 atom stereocenters. The highest BCUT2D eigenvalue weighted by Gasteiger charge is 2.23. The fraction of sp³-hybridized carbons (Fsp3) is 0.360. The minimum Gasteiger partial charge on any atom is -0.306 e. The molecule has 2 N–H and O–H groups in total. The van der Waals surface area contributed by atoms with Crippen LogP contribution in [-0.4, -0.2) is 8.77 Å². The molecule has 2 unspecified atom stereocenters. The van der Waals surface area contributed by atoms with E-state index in [1.54, 1.807) is 6.07 Å². The SMILES string of the molecule is CC.CCC(C)c1c2s[nH]c(=O)c2c(=O)n2cc(F)c(-c3ccc4c(c3)CNC4C)cc12. The van der Waals surface area contributed by atoms with Gasteiger partial charge in [0.05, 0.1) is 10.2 Å². The standard InChI is InChI=1S/C23H22FN3O2S.C2H6/c1-4-11(2)19-18-8-16(13-5-6-15-12(3)25-9-14(15)7-13)17(24)10-27(18)23(29)20-21(19)30-26-22(20)28;1-2/h5-8,10-12,25H,4,9H2,1-3H3,(H,26,28);1-2H3. The zero-order valence-corrected chi connectivity index (χ0v) is 19.8. The Morgan fingerprint density at radius 3 is 2.72 bits per heavy atom. The van der Waals surface area contributed by atoms with Crippen LogP contribution in [0.4, 0.5) is 4.39 Å². The van der Waals surface area contributed by atoms with Crippen molar-refractivity contribution in [1.82, 2.24) is 14.1 Å². The molecule has 0 saturated heterocycles. The Morgan fingerprint density at radius 1 is 1.25 bits per heavy atom. The summed E-state index contributed by atoms with van der Waals surface area (Å²) in [6.07, 6.45) is 2.06. The van der Waals surface area contributed by atoms with Crippen molar-refractivity contribution in [3.63, 3.8) is 0 Å². The summed E-state index contributed by atoms with van der Waals surface area (Å²) in [6, 6.07) is 8.05. The molecule has 0 spiro atoms. The third-order valence-electron chi connectivity index (χ3n) is 6.32. The summed E-state index contributed by atoms with van der Waals surface area (Å²) in [4.78, 5) is 25.3. The monoisotopic (exact) mass is 453 g/mol. The van der Waals surface area contributed by atoms with Crippen molar-refractivity contribution in [2.75, 3.05) is 0 Å². The molecular formula is C25H28FN3O2S. The number of hydrogen-bond donors (Lipinski definition) is 2. The van der Waals surface area contributed by atoms with Crippen LogP contribution < -0.4 is 16.4 Å². The van der Waals surface area contributed by atoms with E-state index in [1.807, 2.05) is 32.0 Å². The fourth-order valence-corrected chi connectivity index (χ4v) is 5.44. The normalized spacial score (nSPS) is 16.1. The van der Waals surface area contributed by atoms with Crippen LogP contribution in [0.1, 0.15) is 69.7 Å². The number of fused-ring (bicyclic) bond motifs is 3. The number of H-pyrrole nitrogens is 1. The number of rotatable bonds is 3. The second kappa shape index (κ2) is 8.64. The van der Waals surface area contributed by atoms with E-state index in [0.29, 0.717) is 15.8 Å². The van der Waals surface area contributed by atoms with Gasteiger partial charge >= 0.3 is 0 Å². The third-order valence-corrected chi connectivity index (χ3v) is 7.23. The van der Waals surface area contributed by atoms with E-state index in [2.05, 4.69) is 30.5 Å². The molecule has 3 aromatic heterocycles. The Kier molecular flexibility index (Phi) is 6.05. The summed E-state index contributed by atoms with van der Waals surface area (Å²) in [5, 5.41) is 3.51. The maximum Gasteiger partial charge on any atom is 0.271 e. The largest absolute Gasteiger partial charge is 0.306 e. The van der Waals surface area contributed by atoms with Gasteiger partial charge in [0.2, 0.25) is 0 Å². The molecule has 5 rings (SSSR count). The highest BCUT2D eigenvalue weighted by molar-refractivity contribution is 7.13. The molecule has 0 radical (unpaired) electrons. The molecular weight excluding hydrogens is 425 g/mol. The number of nitrogens with zero attached hydrogens (tertiary/aromatic N) is 1. The van der Waals surface area contributed by atoms with Crippen molar-refractivity contribution in [2.24, 2.45) is 0 Å². The van der Waals surface area contributed by atoms with Gasteiger partial charge in [-0.3, -0.25) is 18.4 Å². The van der Waals surface area contributed by atoms with Gasteiger partial charge in [-0.2, -0.15) is 0 Å². The van der Waals surface area contributed by atoms with Gasteiger partial charge in [0.25, 0.3) is 11.1 Å². The van der Waals surface area contributed by atoms with Gasteiger partial charge in [0.1, 0.15) is 11.2 Å². The summed E-state index contributed by atoms with van der Waals surface area (Å²) in [7, 11) is 0. The third kappa shape index (κ3) is 3.40. The number of aromatic nitrogens is 2. The van der Waals surface area contributed by atoms with Crippen LogP contribution in [0.25, 0.3) is 26.7 Å². The van der Waals surface area contributed by atoms with E-state index in [9.17, 15) is 9.59 Å². The number of pyridine rings is 2. The molecule has 7 heteroatoms. The van der Waals surface area contributed by atoms with Crippen molar-refractivity contribution in [1.29, 1.82) is 0 Å². The Morgan fingerprint density at radius 2 is 2.00 bits per heavy atom. The van der Waals surface area contributed by atoms with E-state index >= 15 is 4.39 Å². The quantitative estimate of drug-likeness (QED) is 0.417. The van der Waals surface area contributed by atoms with E-state index in [4.69, 9.17) is 0 Å².